The molecular formula is C21H16ClN3OS. The predicted molar refractivity (Wildman–Crippen MR) is 112 cm³/mol. The van der Waals surface area contributed by atoms with Crippen LogP contribution < -0.4 is 10.5 Å². The van der Waals surface area contributed by atoms with Crippen molar-refractivity contribution >= 4 is 39.1 Å². The Bertz CT molecular complexity index is 1210. The highest BCUT2D eigenvalue weighted by Gasteiger charge is 2.20. The molecular weight excluding hydrogens is 378 g/mol. The maximum Gasteiger partial charge on any atom is 0.270 e. The Morgan fingerprint density at radius 1 is 1.04 bits per heavy atom. The van der Waals surface area contributed by atoms with E-state index in [9.17, 15) is 4.79 Å². The normalized spacial score (nSPS) is 13.7. The van der Waals surface area contributed by atoms with Crippen LogP contribution in [0.15, 0.2) is 58.7 Å². The zero-order valence-corrected chi connectivity index (χ0v) is 16.0. The molecule has 0 bridgehead atoms. The molecule has 0 saturated heterocycles. The minimum Gasteiger partial charge on any atom is -0.338 e. The van der Waals surface area contributed by atoms with Gasteiger partial charge in [-0.3, -0.25) is 9.78 Å². The van der Waals surface area contributed by atoms with Crippen molar-refractivity contribution in [1.82, 2.24) is 9.97 Å². The molecule has 1 aliphatic heterocycles. The van der Waals surface area contributed by atoms with Gasteiger partial charge in [-0.1, -0.05) is 54.1 Å². The number of benzene rings is 2. The van der Waals surface area contributed by atoms with Gasteiger partial charge in [0.25, 0.3) is 5.56 Å². The maximum absolute atomic E-state index is 12.7. The molecule has 27 heavy (non-hydrogen) atoms. The van der Waals surface area contributed by atoms with Crippen LogP contribution in [-0.4, -0.2) is 16.5 Å². The number of hydrogen-bond acceptors (Lipinski definition) is 4. The van der Waals surface area contributed by atoms with E-state index in [-0.39, 0.29) is 5.56 Å². The fourth-order valence-electron chi connectivity index (χ4n) is 3.61. The van der Waals surface area contributed by atoms with Gasteiger partial charge in [0.1, 0.15) is 4.70 Å². The molecule has 0 atom stereocenters. The molecule has 1 aliphatic rings. The number of hydrogen-bond donors (Lipinski definition) is 1. The van der Waals surface area contributed by atoms with Gasteiger partial charge in [0.05, 0.1) is 5.52 Å². The van der Waals surface area contributed by atoms with Gasteiger partial charge in [-0.2, -0.15) is 0 Å². The summed E-state index contributed by atoms with van der Waals surface area (Å²) in [5.74, 6) is 0.619. The third kappa shape index (κ3) is 2.83. The lowest BCUT2D eigenvalue weighted by molar-refractivity contribution is 0.708. The molecule has 4 aromatic rings. The summed E-state index contributed by atoms with van der Waals surface area (Å²) in [6.45, 7) is 1.58. The molecule has 3 heterocycles. The number of thiophene rings is 1. The monoisotopic (exact) mass is 393 g/mol. The Kier molecular flexibility index (Phi) is 3.99. The first-order valence-electron chi connectivity index (χ1n) is 8.79. The molecule has 5 rings (SSSR count). The molecule has 4 nitrogen and oxygen atoms in total. The number of aromatic amines is 1. The number of anilines is 1. The first-order valence-corrected chi connectivity index (χ1v) is 10.0. The van der Waals surface area contributed by atoms with Gasteiger partial charge in [0, 0.05) is 34.6 Å². The fourth-order valence-corrected chi connectivity index (χ4v) is 4.75. The van der Waals surface area contributed by atoms with Crippen LogP contribution in [0.25, 0.3) is 21.3 Å². The number of halogens is 1. The summed E-state index contributed by atoms with van der Waals surface area (Å²) in [6, 6.07) is 16.1. The van der Waals surface area contributed by atoms with Crippen molar-refractivity contribution in [1.29, 1.82) is 0 Å². The van der Waals surface area contributed by atoms with Gasteiger partial charge in [-0.05, 0) is 23.6 Å². The number of aromatic nitrogens is 2. The van der Waals surface area contributed by atoms with E-state index in [4.69, 9.17) is 16.6 Å². The largest absolute Gasteiger partial charge is 0.338 e. The molecule has 0 spiro atoms. The van der Waals surface area contributed by atoms with Crippen molar-refractivity contribution in [3.8, 4) is 11.1 Å². The van der Waals surface area contributed by atoms with Gasteiger partial charge in [0.15, 0.2) is 0 Å². The number of H-pyrrole nitrogens is 1. The highest BCUT2D eigenvalue weighted by atomic mass is 35.5. The molecule has 0 saturated carbocycles. The Labute approximate surface area is 165 Å². The fraction of sp³-hybridized carbons (Fsp3) is 0.143. The van der Waals surface area contributed by atoms with Gasteiger partial charge < -0.3 is 4.90 Å². The topological polar surface area (TPSA) is 49.0 Å². The quantitative estimate of drug-likeness (QED) is 0.528. The van der Waals surface area contributed by atoms with Crippen LogP contribution >= 0.6 is 22.9 Å². The average molecular weight is 394 g/mol. The molecule has 6 heteroatoms. The summed E-state index contributed by atoms with van der Waals surface area (Å²) in [7, 11) is 0. The first kappa shape index (κ1) is 16.5. The van der Waals surface area contributed by atoms with Crippen LogP contribution in [0.3, 0.4) is 0 Å². The van der Waals surface area contributed by atoms with E-state index in [1.807, 2.05) is 29.6 Å². The highest BCUT2D eigenvalue weighted by Crippen LogP contribution is 2.35. The summed E-state index contributed by atoms with van der Waals surface area (Å²) in [5.41, 5.74) is 5.07. The Morgan fingerprint density at radius 2 is 1.81 bits per heavy atom. The second-order valence-corrected chi connectivity index (χ2v) is 7.92. The maximum atomic E-state index is 12.7. The van der Waals surface area contributed by atoms with E-state index in [2.05, 4.69) is 34.1 Å². The van der Waals surface area contributed by atoms with Gasteiger partial charge in [0.2, 0.25) is 5.95 Å². The Hall–Kier alpha value is -2.63. The zero-order chi connectivity index (χ0) is 18.4. The first-order chi connectivity index (χ1) is 13.2. The number of nitrogens with zero attached hydrogens (tertiary/aromatic N) is 2. The zero-order valence-electron chi connectivity index (χ0n) is 14.4. The summed E-state index contributed by atoms with van der Waals surface area (Å²) in [4.78, 5) is 22.6. The smallest absolute Gasteiger partial charge is 0.270 e. The SMILES string of the molecule is O=c1[nH]c(N2CCc3ccccc3C2)nc2c(-c3ccccc3Cl)csc12. The summed E-state index contributed by atoms with van der Waals surface area (Å²) in [5, 5.41) is 2.62. The minimum absolute atomic E-state index is 0.0998. The summed E-state index contributed by atoms with van der Waals surface area (Å²) in [6.07, 6.45) is 0.943. The summed E-state index contributed by atoms with van der Waals surface area (Å²) < 4.78 is 0.631. The van der Waals surface area contributed by atoms with Gasteiger partial charge >= 0.3 is 0 Å². The van der Waals surface area contributed by atoms with E-state index in [0.29, 0.717) is 21.2 Å². The Morgan fingerprint density at radius 3 is 2.67 bits per heavy atom. The lowest BCUT2D eigenvalue weighted by atomic mass is 10.0. The standard InChI is InChI=1S/C21H16ClN3OS/c22-17-8-4-3-7-15(17)16-12-27-19-18(16)23-21(24-20(19)26)25-10-9-13-5-1-2-6-14(13)11-25/h1-8,12H,9-11H2,(H,23,24,26). The van der Waals surface area contributed by atoms with Crippen LogP contribution in [0.2, 0.25) is 5.02 Å². The van der Waals surface area contributed by atoms with Crippen LogP contribution in [0.1, 0.15) is 11.1 Å². The van der Waals surface area contributed by atoms with E-state index in [0.717, 1.165) is 30.6 Å². The Balaban J connectivity index is 1.62. The van der Waals surface area contributed by atoms with Crippen molar-refractivity contribution in [3.05, 3.63) is 80.4 Å². The predicted octanol–water partition coefficient (Wildman–Crippen LogP) is 4.87. The van der Waals surface area contributed by atoms with Crippen LogP contribution in [-0.2, 0) is 13.0 Å². The minimum atomic E-state index is -0.0998. The number of rotatable bonds is 2. The average Bonchev–Trinajstić information content (AvgIpc) is 3.12. The molecule has 0 aliphatic carbocycles. The van der Waals surface area contributed by atoms with Crippen molar-refractivity contribution < 1.29 is 0 Å². The van der Waals surface area contributed by atoms with Crippen LogP contribution in [0, 0.1) is 0 Å². The lowest BCUT2D eigenvalue weighted by Gasteiger charge is -2.29. The highest BCUT2D eigenvalue weighted by molar-refractivity contribution is 7.17. The van der Waals surface area contributed by atoms with E-state index >= 15 is 0 Å². The molecule has 0 amide bonds. The molecule has 2 aromatic heterocycles. The molecule has 1 N–H and O–H groups in total. The van der Waals surface area contributed by atoms with Crippen molar-refractivity contribution in [3.63, 3.8) is 0 Å². The third-order valence-electron chi connectivity index (χ3n) is 5.01. The number of nitrogens with one attached hydrogen (secondary N) is 1. The summed E-state index contributed by atoms with van der Waals surface area (Å²) >= 11 is 7.79. The molecule has 0 unspecified atom stereocenters. The van der Waals surface area contributed by atoms with Gasteiger partial charge in [-0.15, -0.1) is 11.3 Å². The lowest BCUT2D eigenvalue weighted by Crippen LogP contribution is -2.33. The van der Waals surface area contributed by atoms with Crippen LogP contribution in [0.5, 0.6) is 0 Å². The third-order valence-corrected chi connectivity index (χ3v) is 6.31. The van der Waals surface area contributed by atoms with Crippen molar-refractivity contribution in [2.45, 2.75) is 13.0 Å². The molecule has 0 radical (unpaired) electrons. The van der Waals surface area contributed by atoms with Crippen LogP contribution in [0.4, 0.5) is 5.95 Å². The molecule has 134 valence electrons. The second kappa shape index (κ2) is 6.51. The van der Waals surface area contributed by atoms with Crippen molar-refractivity contribution in [2.24, 2.45) is 0 Å². The van der Waals surface area contributed by atoms with E-state index < -0.39 is 0 Å². The molecule has 2 aromatic carbocycles. The molecule has 0 fully saturated rings. The van der Waals surface area contributed by atoms with Crippen molar-refractivity contribution in [2.75, 3.05) is 11.4 Å². The van der Waals surface area contributed by atoms with E-state index in [1.165, 1.54) is 22.5 Å². The van der Waals surface area contributed by atoms with E-state index in [1.54, 1.807) is 0 Å². The van der Waals surface area contributed by atoms with Gasteiger partial charge in [-0.25, -0.2) is 4.98 Å². The number of fused-ring (bicyclic) bond motifs is 2. The second-order valence-electron chi connectivity index (χ2n) is 6.64.